The zero-order valence-corrected chi connectivity index (χ0v) is 17.5. The third kappa shape index (κ3) is 6.52. The molecule has 0 heterocycles. The molecule has 0 amide bonds. The van der Waals surface area contributed by atoms with Crippen LogP contribution in [0.4, 0.5) is 0 Å². The third-order valence-corrected chi connectivity index (χ3v) is 7.25. The van der Waals surface area contributed by atoms with Crippen LogP contribution in [0.2, 0.25) is 0 Å². The first-order valence-corrected chi connectivity index (χ1v) is 11.6. The molecule has 7 heteroatoms. The Morgan fingerprint density at radius 2 is 1.63 bits per heavy atom. The van der Waals surface area contributed by atoms with E-state index in [1.54, 1.807) is 32.1 Å². The quantitative estimate of drug-likeness (QED) is 0.568. The summed E-state index contributed by atoms with van der Waals surface area (Å²) in [6.45, 7) is 5.92. The molecule has 146 valence electrons. The molecule has 1 unspecified atom stereocenters. The lowest BCUT2D eigenvalue weighted by Crippen LogP contribution is -2.30. The van der Waals surface area contributed by atoms with Crippen LogP contribution in [0.5, 0.6) is 0 Å². The minimum atomic E-state index is -3.54. The number of rotatable bonds is 10. The molecule has 2 aromatic rings. The molecule has 0 radical (unpaired) electrons. The molecule has 0 aliphatic heterocycles. The Balaban J connectivity index is 2.30. The Bertz CT molecular complexity index is 798. The van der Waals surface area contributed by atoms with Crippen molar-refractivity contribution in [2.45, 2.75) is 31.4 Å². The molecule has 0 aliphatic carbocycles. The van der Waals surface area contributed by atoms with Crippen LogP contribution in [0, 0.1) is 6.92 Å². The Labute approximate surface area is 163 Å². The molecule has 0 fully saturated rings. The highest BCUT2D eigenvalue weighted by molar-refractivity contribution is 7.83. The summed E-state index contributed by atoms with van der Waals surface area (Å²) in [7, 11) is -5.11. The number of aryl methyl sites for hydroxylation is 1. The molecule has 0 bridgehead atoms. The van der Waals surface area contributed by atoms with Crippen molar-refractivity contribution in [2.75, 3.05) is 13.2 Å². The molecule has 0 saturated heterocycles. The van der Waals surface area contributed by atoms with Crippen molar-refractivity contribution in [1.29, 1.82) is 0 Å². The predicted molar refractivity (Wildman–Crippen MR) is 111 cm³/mol. The first-order chi connectivity index (χ1) is 13.0. The van der Waals surface area contributed by atoms with E-state index in [4.69, 9.17) is 9.05 Å². The van der Waals surface area contributed by atoms with Gasteiger partial charge in [-0.05, 0) is 38.5 Å². The maximum Gasteiger partial charge on any atom is 0.352 e. The van der Waals surface area contributed by atoms with Crippen molar-refractivity contribution in [1.82, 2.24) is 4.72 Å². The van der Waals surface area contributed by atoms with Crippen LogP contribution in [0.1, 0.15) is 25.0 Å². The van der Waals surface area contributed by atoms with Crippen LogP contribution in [-0.2, 0) is 24.6 Å². The van der Waals surface area contributed by atoms with Crippen LogP contribution < -0.4 is 4.72 Å². The minimum absolute atomic E-state index is 0.228. The average molecular weight is 407 g/mol. The number of nitrogens with one attached hydrogen (secondary N) is 1. The van der Waals surface area contributed by atoms with Crippen LogP contribution in [-0.4, -0.2) is 23.2 Å². The van der Waals surface area contributed by atoms with E-state index in [9.17, 15) is 8.77 Å². The molecule has 2 rings (SSSR count). The second-order valence-electron chi connectivity index (χ2n) is 5.79. The highest BCUT2D eigenvalue weighted by Crippen LogP contribution is 2.52. The van der Waals surface area contributed by atoms with Gasteiger partial charge in [-0.15, -0.1) is 0 Å². The molecule has 2 atom stereocenters. The van der Waals surface area contributed by atoms with Crippen molar-refractivity contribution >= 4 is 24.7 Å². The number of hydrogen-bond donors (Lipinski definition) is 1. The normalized spacial score (nSPS) is 14.3. The zero-order valence-electron chi connectivity index (χ0n) is 15.8. The standard InChI is InChI=1S/C20H26NO4PS/c1-4-24-26(22,25-5-2)20(16-13-18-9-7-6-8-10-18)21-27(23)19-14-11-17(3)12-15-19/h6-16,20-21H,4-5H2,1-3H3/b16-13+/t20-,27?/m1/s1. The van der Waals surface area contributed by atoms with Gasteiger partial charge in [-0.25, -0.2) is 8.93 Å². The van der Waals surface area contributed by atoms with Gasteiger partial charge in [0, 0.05) is 0 Å². The summed E-state index contributed by atoms with van der Waals surface area (Å²) in [5.74, 6) is -0.847. The van der Waals surface area contributed by atoms with Crippen LogP contribution in [0.15, 0.2) is 65.6 Å². The molecule has 0 aliphatic rings. The maximum atomic E-state index is 13.3. The van der Waals surface area contributed by atoms with Crippen molar-refractivity contribution < 1.29 is 17.8 Å². The summed E-state index contributed by atoms with van der Waals surface area (Å²) in [6, 6.07) is 16.9. The maximum absolute atomic E-state index is 13.3. The van der Waals surface area contributed by atoms with Gasteiger partial charge in [-0.2, -0.15) is 0 Å². The van der Waals surface area contributed by atoms with Gasteiger partial charge in [-0.3, -0.25) is 4.57 Å². The molecule has 27 heavy (non-hydrogen) atoms. The molecule has 5 nitrogen and oxygen atoms in total. The topological polar surface area (TPSA) is 64.6 Å². The fraction of sp³-hybridized carbons (Fsp3) is 0.300. The van der Waals surface area contributed by atoms with Gasteiger partial charge in [0.05, 0.1) is 18.1 Å². The lowest BCUT2D eigenvalue weighted by atomic mass is 10.2. The number of benzene rings is 2. The Hall–Kier alpha value is -1.56. The van der Waals surface area contributed by atoms with E-state index < -0.39 is 24.4 Å². The highest BCUT2D eigenvalue weighted by Gasteiger charge is 2.35. The minimum Gasteiger partial charge on any atom is -0.308 e. The highest BCUT2D eigenvalue weighted by atomic mass is 32.2. The lowest BCUT2D eigenvalue weighted by Gasteiger charge is -2.24. The van der Waals surface area contributed by atoms with E-state index in [-0.39, 0.29) is 13.2 Å². The molecule has 1 N–H and O–H groups in total. The van der Waals surface area contributed by atoms with Gasteiger partial charge in [0.1, 0.15) is 16.8 Å². The predicted octanol–water partition coefficient (Wildman–Crippen LogP) is 4.91. The third-order valence-electron chi connectivity index (χ3n) is 3.69. The second kappa shape index (κ2) is 10.7. The summed E-state index contributed by atoms with van der Waals surface area (Å²) in [4.78, 5) is 0.596. The Morgan fingerprint density at radius 1 is 1.04 bits per heavy atom. The Morgan fingerprint density at radius 3 is 2.19 bits per heavy atom. The van der Waals surface area contributed by atoms with E-state index in [1.165, 1.54) is 0 Å². The van der Waals surface area contributed by atoms with Crippen molar-refractivity contribution in [3.8, 4) is 0 Å². The molecule has 0 aromatic heterocycles. The summed E-state index contributed by atoms with van der Waals surface area (Å²) < 4.78 is 39.9. The average Bonchev–Trinajstić information content (AvgIpc) is 2.66. The van der Waals surface area contributed by atoms with E-state index in [1.807, 2.05) is 55.5 Å². The Kier molecular flexibility index (Phi) is 8.61. The fourth-order valence-corrected chi connectivity index (χ4v) is 5.41. The van der Waals surface area contributed by atoms with Gasteiger partial charge >= 0.3 is 7.60 Å². The first kappa shape index (κ1) is 21.7. The number of hydrogen-bond acceptors (Lipinski definition) is 4. The smallest absolute Gasteiger partial charge is 0.308 e. The van der Waals surface area contributed by atoms with Gasteiger partial charge in [0.25, 0.3) is 0 Å². The first-order valence-electron chi connectivity index (χ1n) is 8.85. The molecule has 0 spiro atoms. The molecule has 2 aromatic carbocycles. The summed E-state index contributed by atoms with van der Waals surface area (Å²) >= 11 is 0. The van der Waals surface area contributed by atoms with E-state index in [2.05, 4.69) is 4.72 Å². The van der Waals surface area contributed by atoms with Crippen molar-refractivity contribution in [2.24, 2.45) is 0 Å². The van der Waals surface area contributed by atoms with Gasteiger partial charge in [0.2, 0.25) is 0 Å². The zero-order chi connectivity index (χ0) is 19.7. The van der Waals surface area contributed by atoms with Crippen LogP contribution >= 0.6 is 7.60 Å². The van der Waals surface area contributed by atoms with Crippen LogP contribution in [0.25, 0.3) is 6.08 Å². The largest absolute Gasteiger partial charge is 0.352 e. The summed E-state index contributed by atoms with van der Waals surface area (Å²) in [5, 5.41) is 0. The molecular weight excluding hydrogens is 381 g/mol. The lowest BCUT2D eigenvalue weighted by molar-refractivity contribution is 0.214. The van der Waals surface area contributed by atoms with E-state index >= 15 is 0 Å². The molecule has 0 saturated carbocycles. The summed E-state index contributed by atoms with van der Waals surface area (Å²) in [5.41, 5.74) is 2.01. The van der Waals surface area contributed by atoms with Crippen molar-refractivity contribution in [3.63, 3.8) is 0 Å². The second-order valence-corrected chi connectivity index (χ2v) is 9.19. The SMILES string of the molecule is CCOP(=O)(OCC)[C@H](/C=C/c1ccccc1)NS(=O)c1ccc(C)cc1. The van der Waals surface area contributed by atoms with Gasteiger partial charge in [-0.1, -0.05) is 60.2 Å². The fourth-order valence-electron chi connectivity index (χ4n) is 2.37. The van der Waals surface area contributed by atoms with Gasteiger partial charge in [0.15, 0.2) is 0 Å². The monoisotopic (exact) mass is 407 g/mol. The molecular formula is C20H26NO4PS. The van der Waals surface area contributed by atoms with Crippen molar-refractivity contribution in [3.05, 3.63) is 71.8 Å². The van der Waals surface area contributed by atoms with E-state index in [0.29, 0.717) is 4.90 Å². The van der Waals surface area contributed by atoms with Crippen LogP contribution in [0.3, 0.4) is 0 Å². The summed E-state index contributed by atoms with van der Waals surface area (Å²) in [6.07, 6.45) is 3.50. The van der Waals surface area contributed by atoms with Gasteiger partial charge < -0.3 is 9.05 Å². The van der Waals surface area contributed by atoms with E-state index in [0.717, 1.165) is 11.1 Å².